The van der Waals surface area contributed by atoms with E-state index in [0.29, 0.717) is 0 Å². The largest absolute Gasteiger partial charge is 3.00 e. The molecule has 0 aliphatic heterocycles. The van der Waals surface area contributed by atoms with E-state index in [9.17, 15) is 0 Å². The zero-order valence-electron chi connectivity index (χ0n) is 2.49. The predicted octanol–water partition coefficient (Wildman–Crippen LogP) is -3.38. The van der Waals surface area contributed by atoms with Crippen LogP contribution in [0.15, 0.2) is 0 Å². The molecule has 0 aromatic heterocycles. The Kier molecular flexibility index (Phi) is 24.7. The molecule has 0 aromatic rings. The zero-order valence-corrected chi connectivity index (χ0v) is 7.68. The van der Waals surface area contributed by atoms with Crippen molar-refractivity contribution in [1.29, 1.82) is 0 Å². The van der Waals surface area contributed by atoms with Crippen LogP contribution in [0.1, 0.15) is 0 Å². The van der Waals surface area contributed by atoms with Gasteiger partial charge in [-0.25, -0.2) is 0 Å². The molecule has 0 N–H and O–H groups in total. The summed E-state index contributed by atoms with van der Waals surface area (Å²) < 4.78 is 25.6. The topological polar surface area (TPSA) is 91.7 Å². The Labute approximate surface area is 58.3 Å². The van der Waals surface area contributed by atoms with Crippen LogP contribution in [0.2, 0.25) is 0 Å². The van der Waals surface area contributed by atoms with E-state index in [1.54, 1.807) is 0 Å². The maximum absolute atomic E-state index is 8.54. The molecule has 0 unspecified atom stereocenters. The van der Waals surface area contributed by atoms with Crippen LogP contribution in [0.3, 0.4) is 0 Å². The van der Waals surface area contributed by atoms with E-state index in [0.717, 1.165) is 0 Å². The summed E-state index contributed by atoms with van der Waals surface area (Å²) in [6.45, 7) is 0. The molecule has 0 aromatic carbocycles. The average Bonchev–Trinajstić information content (AvgIpc) is 0.811. The smallest absolute Gasteiger partial charge is 2.00 e. The molecule has 32 valence electrons. The molecule has 0 aliphatic carbocycles. The van der Waals surface area contributed by atoms with Gasteiger partial charge in [0.05, 0.1) is 0 Å². The van der Waals surface area contributed by atoms with Gasteiger partial charge in [-0.05, 0) is 0 Å². The minimum Gasteiger partial charge on any atom is 2.00 e. The SMILES string of the molecule is O=[Se]([O-])[O-].[Bi+3].[O+2]. The standard InChI is InChI=1S/Bi.H2O3Se.O/c;1-4(2)3;/h;(H2,1,2,3);/q+3;;+2/p-2. The van der Waals surface area contributed by atoms with Crippen LogP contribution in [0.5, 0.6) is 0 Å². The number of hydrogen-bond acceptors (Lipinski definition) is 3. The summed E-state index contributed by atoms with van der Waals surface area (Å²) in [5, 5.41) is 0. The molecule has 0 rings (SSSR count). The van der Waals surface area contributed by atoms with Gasteiger partial charge in [-0.2, -0.15) is 0 Å². The summed E-state index contributed by atoms with van der Waals surface area (Å²) in [6, 6.07) is 0. The molecular formula is BiO4Se+3. The summed E-state index contributed by atoms with van der Waals surface area (Å²) in [5.41, 5.74) is 0. The van der Waals surface area contributed by atoms with Crippen LogP contribution in [0, 0.1) is 0 Å². The van der Waals surface area contributed by atoms with E-state index < -0.39 is 14.5 Å². The van der Waals surface area contributed by atoms with Gasteiger partial charge in [-0.3, -0.25) is 0 Å². The normalized spacial score (nSPS) is 5.83. The summed E-state index contributed by atoms with van der Waals surface area (Å²) >= 11 is -3.79. The van der Waals surface area contributed by atoms with Gasteiger partial charge >= 0.3 is 58.4 Å². The van der Waals surface area contributed by atoms with E-state index in [1.807, 2.05) is 0 Å². The van der Waals surface area contributed by atoms with Crippen molar-refractivity contribution in [3.8, 4) is 0 Å². The van der Waals surface area contributed by atoms with Crippen molar-refractivity contribution in [2.75, 3.05) is 0 Å². The van der Waals surface area contributed by atoms with Crippen LogP contribution >= 0.6 is 0 Å². The van der Waals surface area contributed by atoms with E-state index in [2.05, 4.69) is 0 Å². The van der Waals surface area contributed by atoms with Crippen molar-refractivity contribution in [2.24, 2.45) is 0 Å². The van der Waals surface area contributed by atoms with Gasteiger partial charge in [-0.1, -0.05) is 0 Å². The first-order valence-electron chi connectivity index (χ1n) is 0.500. The third-order valence-corrected chi connectivity index (χ3v) is 0. The molecule has 0 spiro atoms. The second-order valence-electron chi connectivity index (χ2n) is 0.204. The van der Waals surface area contributed by atoms with Crippen molar-refractivity contribution in [3.63, 3.8) is 0 Å². The monoisotopic (exact) mass is 353 g/mol. The number of rotatable bonds is 0. The third-order valence-electron chi connectivity index (χ3n) is 0. The molecule has 0 amide bonds. The van der Waals surface area contributed by atoms with E-state index >= 15 is 0 Å². The van der Waals surface area contributed by atoms with Crippen LogP contribution < -0.4 is 8.38 Å². The van der Waals surface area contributed by atoms with Crippen molar-refractivity contribution in [1.82, 2.24) is 0 Å². The van der Waals surface area contributed by atoms with E-state index in [1.165, 1.54) is 0 Å². The van der Waals surface area contributed by atoms with Gasteiger partial charge in [0, 0.05) is 0 Å². The summed E-state index contributed by atoms with van der Waals surface area (Å²) in [6.07, 6.45) is 0. The molecule has 0 bridgehead atoms. The molecule has 6 radical (unpaired) electrons. The predicted molar refractivity (Wildman–Crippen MR) is 12.9 cm³/mol. The van der Waals surface area contributed by atoms with Gasteiger partial charge in [0.15, 0.2) is 0 Å². The first-order valence-corrected chi connectivity index (χ1v) is 2.60. The molecular weight excluding hydrogens is 352 g/mol. The summed E-state index contributed by atoms with van der Waals surface area (Å²) in [5.74, 6) is 0. The first kappa shape index (κ1) is 15.7. The Balaban J connectivity index is -0.0000000450. The summed E-state index contributed by atoms with van der Waals surface area (Å²) in [4.78, 5) is 0. The van der Waals surface area contributed by atoms with Gasteiger partial charge in [0.1, 0.15) is 0 Å². The summed E-state index contributed by atoms with van der Waals surface area (Å²) in [7, 11) is 0. The number of hydrogen-bond donors (Lipinski definition) is 0. The van der Waals surface area contributed by atoms with Crippen molar-refractivity contribution in [2.45, 2.75) is 0 Å². The van der Waals surface area contributed by atoms with Crippen molar-refractivity contribution < 1.29 is 17.7 Å². The Morgan fingerprint density at radius 1 is 1.33 bits per heavy atom. The second-order valence-corrected chi connectivity index (χ2v) is 1.06. The quantitative estimate of drug-likeness (QED) is 0.426. The first-order chi connectivity index (χ1) is 1.73. The van der Waals surface area contributed by atoms with Crippen molar-refractivity contribution >= 4 is 40.7 Å². The maximum Gasteiger partial charge on any atom is 3.00 e. The molecule has 0 saturated carbocycles. The minimum absolute atomic E-state index is 0. The fraction of sp³-hybridized carbons (Fsp3) is 0. The van der Waals surface area contributed by atoms with Crippen LogP contribution in [-0.2, 0) is 9.31 Å². The minimum atomic E-state index is -3.79. The average molecular weight is 352 g/mol. The second kappa shape index (κ2) is 9.43. The molecule has 0 aliphatic rings. The molecule has 0 atom stereocenters. The van der Waals surface area contributed by atoms with Gasteiger partial charge < -0.3 is 0 Å². The Morgan fingerprint density at radius 2 is 1.33 bits per heavy atom. The van der Waals surface area contributed by atoms with Crippen molar-refractivity contribution in [3.05, 3.63) is 0 Å². The molecule has 0 fully saturated rings. The Hall–Kier alpha value is 1.08. The molecule has 0 saturated heterocycles. The van der Waals surface area contributed by atoms with E-state index in [-0.39, 0.29) is 31.7 Å². The molecule has 6 heavy (non-hydrogen) atoms. The van der Waals surface area contributed by atoms with Crippen LogP contribution in [-0.4, -0.2) is 40.7 Å². The van der Waals surface area contributed by atoms with Gasteiger partial charge in [0.25, 0.3) is 0 Å². The molecule has 4 nitrogen and oxygen atoms in total. The molecule has 6 heteroatoms. The van der Waals surface area contributed by atoms with E-state index in [4.69, 9.17) is 12.2 Å². The molecule has 0 heterocycles. The zero-order chi connectivity index (χ0) is 3.58. The Bertz CT molecular complexity index is 30.5. The Morgan fingerprint density at radius 3 is 1.33 bits per heavy atom. The third kappa shape index (κ3) is 72.3. The van der Waals surface area contributed by atoms with Crippen LogP contribution in [0.4, 0.5) is 0 Å². The fourth-order valence-electron chi connectivity index (χ4n) is 0. The maximum atomic E-state index is 8.54. The van der Waals surface area contributed by atoms with Gasteiger partial charge in [0.2, 0.25) is 0 Å². The fourth-order valence-corrected chi connectivity index (χ4v) is 0. The van der Waals surface area contributed by atoms with Gasteiger partial charge in [-0.15, -0.1) is 0 Å². The van der Waals surface area contributed by atoms with Crippen LogP contribution in [0.25, 0.3) is 0 Å².